The number of β-lactam (4-membered cyclic amide) rings is 1. The lowest BCUT2D eigenvalue weighted by atomic mass is 9.81. The number of amides is 2. The maximum absolute atomic E-state index is 12.4. The van der Waals surface area contributed by atoms with Gasteiger partial charge in [0.1, 0.15) is 12.6 Å². The summed E-state index contributed by atoms with van der Waals surface area (Å²) >= 11 is 0. The molecule has 3 heterocycles. The zero-order valence-corrected chi connectivity index (χ0v) is 13.0. The van der Waals surface area contributed by atoms with Gasteiger partial charge in [-0.1, -0.05) is 13.0 Å². The van der Waals surface area contributed by atoms with E-state index in [4.69, 9.17) is 10.5 Å². The Morgan fingerprint density at radius 2 is 2.29 bits per heavy atom. The first-order valence-electron chi connectivity index (χ1n) is 7.44. The second-order valence-electron chi connectivity index (χ2n) is 6.29. The Labute approximate surface area is 137 Å². The Morgan fingerprint density at radius 3 is 2.88 bits per heavy atom. The molecule has 0 saturated carbocycles. The summed E-state index contributed by atoms with van der Waals surface area (Å²) in [6, 6.07) is 3.95. The number of carbonyl (C=O) groups excluding carboxylic acids is 2. The highest BCUT2D eigenvalue weighted by Crippen LogP contribution is 2.49. The van der Waals surface area contributed by atoms with Crippen LogP contribution in [0.5, 0.6) is 0 Å². The number of carboxylic acids is 1. The van der Waals surface area contributed by atoms with Crippen LogP contribution in [0.1, 0.15) is 19.0 Å². The van der Waals surface area contributed by atoms with Crippen LogP contribution in [0.15, 0.2) is 30.0 Å². The number of nitrogens with two attached hydrogens (primary N) is 1. The molecule has 0 aromatic carbocycles. The summed E-state index contributed by atoms with van der Waals surface area (Å²) in [5.41, 5.74) is 5.23. The van der Waals surface area contributed by atoms with Gasteiger partial charge in [-0.15, -0.1) is 0 Å². The van der Waals surface area contributed by atoms with E-state index in [1.165, 1.54) is 4.90 Å². The number of fused-ring (bicyclic) bond motifs is 1. The number of carbonyl (C=O) groups is 3. The van der Waals surface area contributed by atoms with E-state index in [0.29, 0.717) is 17.7 Å². The van der Waals surface area contributed by atoms with Gasteiger partial charge in [0.2, 0.25) is 0 Å². The minimum absolute atomic E-state index is 0.156. The third kappa shape index (κ3) is 2.49. The number of ether oxygens (including phenoxy) is 1. The van der Waals surface area contributed by atoms with Crippen molar-refractivity contribution in [3.8, 4) is 0 Å². The van der Waals surface area contributed by atoms with Gasteiger partial charge in [0, 0.05) is 17.2 Å². The Bertz CT molecular complexity index is 732. The lowest BCUT2D eigenvalue weighted by Crippen LogP contribution is -2.58. The quantitative estimate of drug-likeness (QED) is 0.616. The molecule has 24 heavy (non-hydrogen) atoms. The van der Waals surface area contributed by atoms with E-state index >= 15 is 0 Å². The van der Waals surface area contributed by atoms with Crippen LogP contribution >= 0.6 is 0 Å². The Kier molecular flexibility index (Phi) is 3.75. The van der Waals surface area contributed by atoms with Gasteiger partial charge in [-0.05, 0) is 24.6 Å². The van der Waals surface area contributed by atoms with Gasteiger partial charge in [-0.25, -0.2) is 9.59 Å². The van der Waals surface area contributed by atoms with Gasteiger partial charge in [0.05, 0.1) is 11.7 Å². The largest absolute Gasteiger partial charge is 0.480 e. The topological polar surface area (TPSA) is 123 Å². The summed E-state index contributed by atoms with van der Waals surface area (Å²) in [6.07, 6.45) is 2.70. The highest BCUT2D eigenvalue weighted by molar-refractivity contribution is 6.08. The molecule has 0 spiro atoms. The minimum atomic E-state index is -1.13. The van der Waals surface area contributed by atoms with Gasteiger partial charge in [-0.2, -0.15) is 0 Å². The number of carboxylic acid groups (broad SMARTS) is 1. The summed E-state index contributed by atoms with van der Waals surface area (Å²) < 4.78 is 4.83. The molecular weight excluding hydrogens is 314 g/mol. The van der Waals surface area contributed by atoms with Crippen LogP contribution in [-0.2, 0) is 14.3 Å². The number of aliphatic carboxylic acids is 1. The Balaban J connectivity index is 1.89. The smallest absolute Gasteiger partial charge is 0.404 e. The van der Waals surface area contributed by atoms with Crippen LogP contribution in [0.4, 0.5) is 4.79 Å². The zero-order chi connectivity index (χ0) is 17.5. The molecule has 0 aliphatic carbocycles. The van der Waals surface area contributed by atoms with Crippen molar-refractivity contribution < 1.29 is 24.2 Å². The van der Waals surface area contributed by atoms with E-state index < -0.39 is 23.5 Å². The molecule has 1 aromatic heterocycles. The number of hydrogen-bond donors (Lipinski definition) is 2. The summed E-state index contributed by atoms with van der Waals surface area (Å²) in [5, 5.41) is 9.53. The lowest BCUT2D eigenvalue weighted by molar-refractivity contribution is -0.155. The van der Waals surface area contributed by atoms with Crippen molar-refractivity contribution in [1.29, 1.82) is 0 Å². The van der Waals surface area contributed by atoms with Gasteiger partial charge < -0.3 is 20.5 Å². The summed E-state index contributed by atoms with van der Waals surface area (Å²) in [7, 11) is 0. The molecule has 2 aliphatic rings. The van der Waals surface area contributed by atoms with Gasteiger partial charge in [0.15, 0.2) is 0 Å². The highest BCUT2D eigenvalue weighted by Gasteiger charge is 2.62. The first-order valence-corrected chi connectivity index (χ1v) is 7.44. The highest BCUT2D eigenvalue weighted by atomic mass is 16.5. The third-order valence-electron chi connectivity index (χ3n) is 4.54. The fraction of sp³-hybridized carbons (Fsp3) is 0.375. The third-order valence-corrected chi connectivity index (χ3v) is 4.54. The fourth-order valence-electron chi connectivity index (χ4n) is 3.48. The van der Waals surface area contributed by atoms with Crippen LogP contribution in [0, 0.1) is 5.41 Å². The molecule has 8 heteroatoms. The van der Waals surface area contributed by atoms with Crippen molar-refractivity contribution in [2.24, 2.45) is 11.1 Å². The van der Waals surface area contributed by atoms with Crippen LogP contribution in [-0.4, -0.2) is 51.7 Å². The molecule has 8 nitrogen and oxygen atoms in total. The van der Waals surface area contributed by atoms with E-state index in [-0.39, 0.29) is 18.6 Å². The molecule has 3 rings (SSSR count). The second kappa shape index (κ2) is 5.63. The standard InChI is InChI=1S/C16H17N3O5/c1-16(8-24-15(17)23)7-11-10(6-9-4-2-3-5-18-9)13(20)19(11)12(16)14(21)22/h2-6,11-12H,7-8H2,1H3,(H2,17,23)(H,21,22)/b10-6+/t11?,12-,16-/m0/s1. The second-order valence-corrected chi connectivity index (χ2v) is 6.29. The molecule has 2 aliphatic heterocycles. The van der Waals surface area contributed by atoms with Crippen molar-refractivity contribution >= 4 is 24.0 Å². The summed E-state index contributed by atoms with van der Waals surface area (Å²) in [5.74, 6) is -1.46. The van der Waals surface area contributed by atoms with Crippen LogP contribution < -0.4 is 5.73 Å². The Morgan fingerprint density at radius 1 is 1.54 bits per heavy atom. The predicted molar refractivity (Wildman–Crippen MR) is 82.5 cm³/mol. The summed E-state index contributed by atoms with van der Waals surface area (Å²) in [4.78, 5) is 40.4. The van der Waals surface area contributed by atoms with Gasteiger partial charge >= 0.3 is 12.1 Å². The molecule has 2 saturated heterocycles. The molecule has 1 aromatic rings. The van der Waals surface area contributed by atoms with Crippen LogP contribution in [0.2, 0.25) is 0 Å². The fourth-order valence-corrected chi connectivity index (χ4v) is 3.48. The van der Waals surface area contributed by atoms with E-state index in [0.717, 1.165) is 0 Å². The SMILES string of the molecule is C[C@@]1(COC(N)=O)CC2/C(=C\c3ccccn3)C(=O)N2[C@H]1C(=O)O. The van der Waals surface area contributed by atoms with E-state index in [1.54, 1.807) is 37.4 Å². The Hall–Kier alpha value is -2.90. The van der Waals surface area contributed by atoms with Gasteiger partial charge in [0.25, 0.3) is 5.91 Å². The van der Waals surface area contributed by atoms with Crippen molar-refractivity contribution in [1.82, 2.24) is 9.88 Å². The molecule has 2 fully saturated rings. The molecule has 2 amide bonds. The van der Waals surface area contributed by atoms with Crippen LogP contribution in [0.3, 0.4) is 0 Å². The van der Waals surface area contributed by atoms with Gasteiger partial charge in [-0.3, -0.25) is 9.78 Å². The molecule has 0 radical (unpaired) electrons. The maximum Gasteiger partial charge on any atom is 0.404 e. The number of hydrogen-bond acceptors (Lipinski definition) is 5. The zero-order valence-electron chi connectivity index (χ0n) is 13.0. The molecule has 0 bridgehead atoms. The first-order chi connectivity index (χ1) is 11.3. The van der Waals surface area contributed by atoms with Crippen molar-refractivity contribution in [2.75, 3.05) is 6.61 Å². The van der Waals surface area contributed by atoms with Crippen molar-refractivity contribution in [2.45, 2.75) is 25.4 Å². The number of rotatable bonds is 4. The monoisotopic (exact) mass is 331 g/mol. The van der Waals surface area contributed by atoms with E-state index in [9.17, 15) is 19.5 Å². The first kappa shape index (κ1) is 16.0. The summed E-state index contributed by atoms with van der Waals surface area (Å²) in [6.45, 7) is 1.52. The normalized spacial score (nSPS) is 30.0. The predicted octanol–water partition coefficient (Wildman–Crippen LogP) is 0.634. The minimum Gasteiger partial charge on any atom is -0.480 e. The number of pyridine rings is 1. The average molecular weight is 331 g/mol. The molecule has 3 atom stereocenters. The van der Waals surface area contributed by atoms with Crippen molar-refractivity contribution in [3.05, 3.63) is 35.7 Å². The van der Waals surface area contributed by atoms with E-state index in [1.807, 2.05) is 0 Å². The number of aromatic nitrogens is 1. The molecule has 1 unspecified atom stereocenters. The molecular formula is C16H17N3O5. The van der Waals surface area contributed by atoms with Crippen LogP contribution in [0.25, 0.3) is 6.08 Å². The lowest BCUT2D eigenvalue weighted by Gasteiger charge is -2.40. The van der Waals surface area contributed by atoms with E-state index in [2.05, 4.69) is 4.98 Å². The number of primary amides is 1. The van der Waals surface area contributed by atoms with Crippen molar-refractivity contribution in [3.63, 3.8) is 0 Å². The number of nitrogens with zero attached hydrogens (tertiary/aromatic N) is 2. The maximum atomic E-state index is 12.4. The molecule has 126 valence electrons. The molecule has 3 N–H and O–H groups in total. The average Bonchev–Trinajstić information content (AvgIpc) is 2.82.